The van der Waals surface area contributed by atoms with Crippen LogP contribution >= 0.6 is 0 Å². The van der Waals surface area contributed by atoms with Gasteiger partial charge in [0.2, 0.25) is 23.6 Å². The first-order valence-corrected chi connectivity index (χ1v) is 23.2. The van der Waals surface area contributed by atoms with Crippen molar-refractivity contribution in [1.82, 2.24) is 25.8 Å². The number of amides is 4. The number of aromatic nitrogens is 1. The molecule has 0 saturated carbocycles. The van der Waals surface area contributed by atoms with Gasteiger partial charge in [0.05, 0.1) is 12.0 Å². The topological polar surface area (TPSA) is 230 Å². The van der Waals surface area contributed by atoms with Crippen LogP contribution in [0, 0.1) is 5.92 Å². The van der Waals surface area contributed by atoms with E-state index >= 15 is 4.79 Å². The van der Waals surface area contributed by atoms with E-state index in [4.69, 9.17) is 11.5 Å². The number of likely N-dealkylation sites (tertiary alicyclic amines) is 1. The standard InChI is InChI=1S/C54H59N7O7/c55-29-13-12-21-43(56)50(63)58-45(32-35-23-25-39(26-24-35)49(62)38-18-8-3-9-19-38)51(64)59-46(33-41-34-57-44-22-11-10-20-42(41)44)52(65)60-48(53(66)61-30-27-40(28-31-61)54(67)68)47(36-14-4-1-5-15-36)37-16-6-2-7-17-37/h1-11,14-20,22-26,34,40,43,45-48,57H,12-13,21,27-33,55-56H2,(H,58,63)(H,59,64)(H,60,65)(H,67,68)/t43-,45-,46+,48+/m0/s1. The molecule has 0 radical (unpaired) electrons. The van der Waals surface area contributed by atoms with E-state index in [9.17, 15) is 29.1 Å². The minimum absolute atomic E-state index is 0.00338. The van der Waals surface area contributed by atoms with E-state index in [1.54, 1.807) is 59.6 Å². The molecule has 0 aliphatic carbocycles. The monoisotopic (exact) mass is 917 g/mol. The average molecular weight is 918 g/mol. The Morgan fingerprint density at radius 1 is 0.647 bits per heavy atom. The molecule has 14 heteroatoms. The van der Waals surface area contributed by atoms with Gasteiger partial charge in [-0.15, -0.1) is 0 Å². The van der Waals surface area contributed by atoms with Gasteiger partial charge in [-0.1, -0.05) is 140 Å². The second-order valence-electron chi connectivity index (χ2n) is 17.4. The maximum absolute atomic E-state index is 15.2. The molecule has 14 nitrogen and oxygen atoms in total. The summed E-state index contributed by atoms with van der Waals surface area (Å²) in [6.45, 7) is 0.811. The number of ketones is 1. The van der Waals surface area contributed by atoms with Gasteiger partial charge in [0.1, 0.15) is 18.1 Å². The highest BCUT2D eigenvalue weighted by atomic mass is 16.4. The number of nitrogens with two attached hydrogens (primary N) is 2. The van der Waals surface area contributed by atoms with Crippen molar-refractivity contribution in [3.63, 3.8) is 0 Å². The van der Waals surface area contributed by atoms with Crippen molar-refractivity contribution in [2.45, 2.75) is 75.0 Å². The van der Waals surface area contributed by atoms with Crippen molar-refractivity contribution >= 4 is 46.3 Å². The van der Waals surface area contributed by atoms with E-state index < -0.39 is 59.7 Å². The fraction of sp³-hybridized carbons (Fsp3) is 0.296. The summed E-state index contributed by atoms with van der Waals surface area (Å²) in [6.07, 6.45) is 3.92. The maximum Gasteiger partial charge on any atom is 0.306 e. The number of aliphatic carboxylic acids is 1. The van der Waals surface area contributed by atoms with E-state index in [0.717, 1.165) is 27.6 Å². The maximum atomic E-state index is 15.2. The van der Waals surface area contributed by atoms with E-state index in [-0.39, 0.29) is 50.5 Å². The minimum atomic E-state index is -1.27. The Balaban J connectivity index is 1.23. The van der Waals surface area contributed by atoms with Crippen LogP contribution < -0.4 is 27.4 Å². The number of carbonyl (C=O) groups is 6. The predicted octanol–water partition coefficient (Wildman–Crippen LogP) is 5.25. The number of piperidine rings is 1. The number of hydrogen-bond donors (Lipinski definition) is 7. The molecule has 1 saturated heterocycles. The number of benzene rings is 5. The van der Waals surface area contributed by atoms with Gasteiger partial charge in [-0.05, 0) is 60.5 Å². The molecule has 0 bridgehead atoms. The van der Waals surface area contributed by atoms with Gasteiger partial charge in [-0.3, -0.25) is 28.8 Å². The lowest BCUT2D eigenvalue weighted by atomic mass is 9.83. The van der Waals surface area contributed by atoms with Crippen LogP contribution in [0.5, 0.6) is 0 Å². The highest BCUT2D eigenvalue weighted by Gasteiger charge is 2.39. The molecule has 5 aromatic carbocycles. The number of carboxylic acids is 1. The lowest BCUT2D eigenvalue weighted by molar-refractivity contribution is -0.146. The van der Waals surface area contributed by atoms with Crippen LogP contribution in [-0.4, -0.2) is 94.2 Å². The molecule has 4 amide bonds. The third-order valence-corrected chi connectivity index (χ3v) is 12.7. The van der Waals surface area contributed by atoms with Crippen molar-refractivity contribution in [2.24, 2.45) is 17.4 Å². The first-order chi connectivity index (χ1) is 33.0. The Labute approximate surface area is 395 Å². The van der Waals surface area contributed by atoms with E-state index in [1.807, 2.05) is 91.0 Å². The second-order valence-corrected chi connectivity index (χ2v) is 17.4. The van der Waals surface area contributed by atoms with Crippen LogP contribution in [0.25, 0.3) is 10.9 Å². The Kier molecular flexibility index (Phi) is 16.7. The van der Waals surface area contributed by atoms with E-state index in [2.05, 4.69) is 20.9 Å². The van der Waals surface area contributed by atoms with Gasteiger partial charge < -0.3 is 42.4 Å². The largest absolute Gasteiger partial charge is 0.481 e. The molecule has 2 heterocycles. The number of para-hydroxylation sites is 1. The normalized spacial score (nSPS) is 14.7. The highest BCUT2D eigenvalue weighted by molar-refractivity contribution is 6.09. The van der Waals surface area contributed by atoms with Gasteiger partial charge in [0.25, 0.3) is 0 Å². The van der Waals surface area contributed by atoms with Gasteiger partial charge in [0.15, 0.2) is 5.78 Å². The molecule has 1 fully saturated rings. The van der Waals surface area contributed by atoms with Gasteiger partial charge in [-0.25, -0.2) is 0 Å². The predicted molar refractivity (Wildman–Crippen MR) is 260 cm³/mol. The lowest BCUT2D eigenvalue weighted by Crippen LogP contribution is -2.60. The molecule has 352 valence electrons. The summed E-state index contributed by atoms with van der Waals surface area (Å²) in [5.74, 6) is -4.61. The molecule has 1 aliphatic rings. The second kappa shape index (κ2) is 23.3. The van der Waals surface area contributed by atoms with Crippen molar-refractivity contribution < 1.29 is 33.9 Å². The summed E-state index contributed by atoms with van der Waals surface area (Å²) in [5, 5.41) is 19.5. The Morgan fingerprint density at radius 3 is 1.81 bits per heavy atom. The number of nitrogens with zero attached hydrogens (tertiary/aromatic N) is 1. The van der Waals surface area contributed by atoms with Gasteiger partial charge >= 0.3 is 5.97 Å². The van der Waals surface area contributed by atoms with Crippen molar-refractivity contribution in [2.75, 3.05) is 19.6 Å². The summed E-state index contributed by atoms with van der Waals surface area (Å²) in [7, 11) is 0. The Bertz CT molecular complexity index is 2610. The zero-order valence-corrected chi connectivity index (χ0v) is 37.9. The van der Waals surface area contributed by atoms with Crippen molar-refractivity contribution in [3.05, 3.63) is 179 Å². The van der Waals surface area contributed by atoms with Gasteiger partial charge in [0, 0.05) is 60.1 Å². The Hall–Kier alpha value is -7.42. The number of carbonyl (C=O) groups excluding carboxylic acids is 5. The average Bonchev–Trinajstić information content (AvgIpc) is 3.78. The lowest BCUT2D eigenvalue weighted by Gasteiger charge is -2.36. The Morgan fingerprint density at radius 2 is 1.19 bits per heavy atom. The molecule has 68 heavy (non-hydrogen) atoms. The quantitative estimate of drug-likeness (QED) is 0.0369. The van der Waals surface area contributed by atoms with Crippen LogP contribution in [0.1, 0.15) is 76.2 Å². The van der Waals surface area contributed by atoms with Crippen LogP contribution in [0.3, 0.4) is 0 Å². The summed E-state index contributed by atoms with van der Waals surface area (Å²) in [6, 6.07) is 37.4. The molecule has 9 N–H and O–H groups in total. The molecule has 1 aromatic heterocycles. The number of fused-ring (bicyclic) bond motifs is 1. The zero-order valence-electron chi connectivity index (χ0n) is 37.9. The van der Waals surface area contributed by atoms with Crippen LogP contribution in [-0.2, 0) is 36.8 Å². The first kappa shape index (κ1) is 48.5. The molecule has 6 aromatic rings. The smallest absolute Gasteiger partial charge is 0.306 e. The van der Waals surface area contributed by atoms with Crippen LogP contribution in [0.2, 0.25) is 0 Å². The van der Waals surface area contributed by atoms with Crippen molar-refractivity contribution in [1.29, 1.82) is 0 Å². The first-order valence-electron chi connectivity index (χ1n) is 23.2. The molecule has 1 aliphatic heterocycles. The number of H-pyrrole nitrogens is 1. The fourth-order valence-corrected chi connectivity index (χ4v) is 8.90. The summed E-state index contributed by atoms with van der Waals surface area (Å²) in [5.41, 5.74) is 16.7. The third kappa shape index (κ3) is 12.3. The summed E-state index contributed by atoms with van der Waals surface area (Å²) in [4.78, 5) is 88.6. The molecular weight excluding hydrogens is 859 g/mol. The summed E-state index contributed by atoms with van der Waals surface area (Å²) >= 11 is 0. The summed E-state index contributed by atoms with van der Waals surface area (Å²) < 4.78 is 0. The third-order valence-electron chi connectivity index (χ3n) is 12.7. The molecule has 7 rings (SSSR count). The van der Waals surface area contributed by atoms with E-state index in [1.165, 1.54) is 0 Å². The molecule has 0 spiro atoms. The fourth-order valence-electron chi connectivity index (χ4n) is 8.90. The molecule has 4 atom stereocenters. The van der Waals surface area contributed by atoms with Crippen molar-refractivity contribution in [3.8, 4) is 0 Å². The van der Waals surface area contributed by atoms with Crippen LogP contribution in [0.4, 0.5) is 0 Å². The van der Waals surface area contributed by atoms with Gasteiger partial charge in [-0.2, -0.15) is 0 Å². The number of aromatic amines is 1. The highest BCUT2D eigenvalue weighted by Crippen LogP contribution is 2.31. The molecule has 0 unspecified atom stereocenters. The zero-order chi connectivity index (χ0) is 48.0. The van der Waals surface area contributed by atoms with Crippen LogP contribution in [0.15, 0.2) is 146 Å². The van der Waals surface area contributed by atoms with E-state index in [0.29, 0.717) is 42.5 Å². The molecular formula is C54H59N7O7. The number of hydrogen-bond acceptors (Lipinski definition) is 8. The number of rotatable bonds is 21. The number of nitrogens with one attached hydrogen (secondary N) is 4. The minimum Gasteiger partial charge on any atom is -0.481 e. The number of unbranched alkanes of at least 4 members (excludes halogenated alkanes) is 1. The number of carboxylic acid groups (broad SMARTS) is 1. The SMILES string of the molecule is NCCCC[C@H](N)C(=O)N[C@@H](Cc1ccc(C(=O)c2ccccc2)cc1)C(=O)N[C@H](Cc1c[nH]c2ccccc12)C(=O)N[C@@H](C(=O)N1CCC(C(=O)O)CC1)C(c1ccccc1)c1ccccc1.